The molecule has 32 heavy (non-hydrogen) atoms. The molecule has 176 valence electrons. The number of Topliss-reactive ketones (excluding diaryl/α,β-unsaturated/α-hetero) is 1. The minimum atomic E-state index is -0.416. The lowest BCUT2D eigenvalue weighted by molar-refractivity contribution is -0.127. The highest BCUT2D eigenvalue weighted by atomic mass is 32.2. The second kappa shape index (κ2) is 13.4. The van der Waals surface area contributed by atoms with Crippen molar-refractivity contribution in [2.24, 2.45) is 5.92 Å². The first-order valence-electron chi connectivity index (χ1n) is 10.9. The van der Waals surface area contributed by atoms with Gasteiger partial charge in [0.2, 0.25) is 5.91 Å². The molecule has 0 unspecified atom stereocenters. The second-order valence-corrected chi connectivity index (χ2v) is 10.7. The van der Waals surface area contributed by atoms with Crippen LogP contribution in [0.5, 0.6) is 0 Å². The van der Waals surface area contributed by atoms with Gasteiger partial charge in [-0.15, -0.1) is 15.3 Å². The van der Waals surface area contributed by atoms with Crippen LogP contribution in [0.1, 0.15) is 70.0 Å². The first-order valence-corrected chi connectivity index (χ1v) is 12.6. The Labute approximate surface area is 197 Å². The molecule has 0 aromatic carbocycles. The van der Waals surface area contributed by atoms with E-state index in [9.17, 15) is 14.4 Å². The molecule has 0 radical (unpaired) electrons. The smallest absolute Gasteiger partial charge is 0.217 e. The summed E-state index contributed by atoms with van der Waals surface area (Å²) in [4.78, 5) is 35.8. The van der Waals surface area contributed by atoms with Crippen molar-refractivity contribution >= 4 is 39.9 Å². The Hall–Kier alpha value is -2.14. The quantitative estimate of drug-likeness (QED) is 0.323. The first kappa shape index (κ1) is 26.1. The van der Waals surface area contributed by atoms with Gasteiger partial charge in [-0.2, -0.15) is 0 Å². The molecule has 0 aliphatic heterocycles. The van der Waals surface area contributed by atoms with Crippen LogP contribution in [0, 0.1) is 12.8 Å². The highest BCUT2D eigenvalue weighted by Crippen LogP contribution is 2.24. The number of unbranched alkanes of at least 4 members (excludes halogenated alkanes) is 1. The summed E-state index contributed by atoms with van der Waals surface area (Å²) in [6.45, 7) is 8.00. The van der Waals surface area contributed by atoms with Crippen LogP contribution in [0.15, 0.2) is 10.5 Å². The lowest BCUT2D eigenvalue weighted by Gasteiger charge is -2.17. The van der Waals surface area contributed by atoms with Gasteiger partial charge in [-0.3, -0.25) is 19.1 Å². The molecule has 2 heterocycles. The molecule has 0 aliphatic carbocycles. The fraction of sp³-hybridized carbons (Fsp3) is 0.667. The molecule has 9 nitrogen and oxygen atoms in total. The van der Waals surface area contributed by atoms with Crippen LogP contribution in [0.4, 0.5) is 0 Å². The van der Waals surface area contributed by atoms with Crippen molar-refractivity contribution in [1.82, 2.24) is 30.5 Å². The van der Waals surface area contributed by atoms with Gasteiger partial charge in [-0.05, 0) is 56.7 Å². The third kappa shape index (κ3) is 9.99. The average Bonchev–Trinajstić information content (AvgIpc) is 3.32. The number of amides is 1. The highest BCUT2D eigenvalue weighted by molar-refractivity contribution is 8.14. The number of hydrogen-bond donors (Lipinski definition) is 1. The third-order valence-electron chi connectivity index (χ3n) is 4.61. The minimum Gasteiger partial charge on any atom is -0.347 e. The molecule has 11 heteroatoms. The van der Waals surface area contributed by atoms with Gasteiger partial charge in [0.05, 0.1) is 11.7 Å². The Morgan fingerprint density at radius 2 is 1.94 bits per heavy atom. The van der Waals surface area contributed by atoms with Crippen molar-refractivity contribution < 1.29 is 14.4 Å². The van der Waals surface area contributed by atoms with E-state index in [1.54, 1.807) is 4.68 Å². The van der Waals surface area contributed by atoms with E-state index < -0.39 is 6.04 Å². The fourth-order valence-corrected chi connectivity index (χ4v) is 4.92. The molecule has 0 bridgehead atoms. The van der Waals surface area contributed by atoms with E-state index in [1.807, 2.05) is 27.0 Å². The normalized spacial score (nSPS) is 12.2. The maximum Gasteiger partial charge on any atom is 0.217 e. The number of nitrogens with one attached hydrogen (secondary N) is 1. The SMILES string of the molecule is CC(=O)N[C@@H](CCCCn1cc(CCCC(=O)Sc2nnc(C)s2)nn1)C(=O)CC(C)C. The maximum absolute atomic E-state index is 12.3. The molecule has 2 rings (SSSR count). The zero-order valence-corrected chi connectivity index (χ0v) is 20.8. The van der Waals surface area contributed by atoms with E-state index in [0.29, 0.717) is 43.0 Å². The van der Waals surface area contributed by atoms with E-state index >= 15 is 0 Å². The molecule has 1 atom stereocenters. The van der Waals surface area contributed by atoms with Gasteiger partial charge < -0.3 is 5.32 Å². The van der Waals surface area contributed by atoms with Gasteiger partial charge >= 0.3 is 0 Å². The van der Waals surface area contributed by atoms with Crippen molar-refractivity contribution in [3.63, 3.8) is 0 Å². The van der Waals surface area contributed by atoms with Crippen molar-refractivity contribution in [1.29, 1.82) is 0 Å². The summed E-state index contributed by atoms with van der Waals surface area (Å²) in [5, 5.41) is 19.9. The summed E-state index contributed by atoms with van der Waals surface area (Å²) in [5.41, 5.74) is 0.859. The summed E-state index contributed by atoms with van der Waals surface area (Å²) in [5.74, 6) is 0.185. The Kier molecular flexibility index (Phi) is 10.9. The van der Waals surface area contributed by atoms with Gasteiger partial charge in [0, 0.05) is 32.5 Å². The monoisotopic (exact) mass is 480 g/mol. The van der Waals surface area contributed by atoms with E-state index in [1.165, 1.54) is 18.3 Å². The number of thioether (sulfide) groups is 1. The van der Waals surface area contributed by atoms with Crippen molar-refractivity contribution in [3.8, 4) is 0 Å². The van der Waals surface area contributed by atoms with Crippen LogP contribution in [-0.2, 0) is 27.3 Å². The van der Waals surface area contributed by atoms with Gasteiger partial charge in [-0.25, -0.2) is 0 Å². The van der Waals surface area contributed by atoms with Crippen LogP contribution >= 0.6 is 23.1 Å². The zero-order chi connectivity index (χ0) is 23.5. The van der Waals surface area contributed by atoms with Gasteiger partial charge in [0.25, 0.3) is 0 Å². The molecule has 2 aromatic heterocycles. The second-order valence-electron chi connectivity index (χ2n) is 8.20. The summed E-state index contributed by atoms with van der Waals surface area (Å²) >= 11 is 2.57. The fourth-order valence-electron chi connectivity index (χ4n) is 3.17. The van der Waals surface area contributed by atoms with E-state index in [-0.39, 0.29) is 22.7 Å². The summed E-state index contributed by atoms with van der Waals surface area (Å²) in [7, 11) is 0. The number of ketones is 1. The molecule has 0 fully saturated rings. The van der Waals surface area contributed by atoms with Crippen molar-refractivity contribution in [2.45, 2.75) is 89.6 Å². The number of hydrogen-bond acceptors (Lipinski definition) is 9. The molecule has 0 saturated carbocycles. The lowest BCUT2D eigenvalue weighted by atomic mass is 9.98. The third-order valence-corrected chi connectivity index (χ3v) is 6.44. The molecule has 2 aromatic rings. The summed E-state index contributed by atoms with van der Waals surface area (Å²) in [6, 6.07) is -0.416. The van der Waals surface area contributed by atoms with Crippen LogP contribution in [-0.4, -0.2) is 48.0 Å². The molecule has 1 N–H and O–H groups in total. The van der Waals surface area contributed by atoms with Gasteiger partial charge in [-0.1, -0.05) is 30.4 Å². The summed E-state index contributed by atoms with van der Waals surface area (Å²) < 4.78 is 2.48. The average molecular weight is 481 g/mol. The Balaban J connectivity index is 1.67. The largest absolute Gasteiger partial charge is 0.347 e. The lowest BCUT2D eigenvalue weighted by Crippen LogP contribution is -2.40. The first-order chi connectivity index (χ1) is 15.2. The number of rotatable bonds is 14. The van der Waals surface area contributed by atoms with Crippen LogP contribution in [0.25, 0.3) is 0 Å². The molecule has 0 spiro atoms. The maximum atomic E-state index is 12.3. The van der Waals surface area contributed by atoms with Crippen LogP contribution in [0.2, 0.25) is 0 Å². The van der Waals surface area contributed by atoms with Crippen molar-refractivity contribution in [2.75, 3.05) is 0 Å². The number of aromatic nitrogens is 5. The minimum absolute atomic E-state index is 0.0780. The van der Waals surface area contributed by atoms with Gasteiger partial charge in [0.1, 0.15) is 5.01 Å². The van der Waals surface area contributed by atoms with E-state index in [0.717, 1.165) is 35.3 Å². The number of nitrogens with zero attached hydrogens (tertiary/aromatic N) is 5. The number of carbonyl (C=O) groups excluding carboxylic acids is 3. The Morgan fingerprint density at radius 3 is 2.59 bits per heavy atom. The van der Waals surface area contributed by atoms with E-state index in [2.05, 4.69) is 25.8 Å². The van der Waals surface area contributed by atoms with Crippen molar-refractivity contribution in [3.05, 3.63) is 16.9 Å². The Bertz CT molecular complexity index is 896. The van der Waals surface area contributed by atoms with Crippen LogP contribution in [0.3, 0.4) is 0 Å². The number of aryl methyl sites for hydroxylation is 3. The molecule has 0 aliphatic rings. The predicted molar refractivity (Wildman–Crippen MR) is 124 cm³/mol. The highest BCUT2D eigenvalue weighted by Gasteiger charge is 2.19. The molecule has 0 saturated heterocycles. The topological polar surface area (TPSA) is 120 Å². The standard InChI is InChI=1S/C21H32N6O3S2/c1-14(2)12-19(29)18(22-15(3)28)9-5-6-11-27-13-17(24-26-27)8-7-10-20(30)32-21-25-23-16(4)31-21/h13-14,18H,5-12H2,1-4H3,(H,22,28)/t18-/m0/s1. The number of carbonyl (C=O) groups is 3. The molecule has 1 amide bonds. The molecular weight excluding hydrogens is 448 g/mol. The van der Waals surface area contributed by atoms with E-state index in [4.69, 9.17) is 0 Å². The summed E-state index contributed by atoms with van der Waals surface area (Å²) in [6.07, 6.45) is 6.49. The Morgan fingerprint density at radius 1 is 1.16 bits per heavy atom. The van der Waals surface area contributed by atoms with Crippen LogP contribution < -0.4 is 5.32 Å². The molecular formula is C21H32N6O3S2. The van der Waals surface area contributed by atoms with Gasteiger partial charge in [0.15, 0.2) is 15.2 Å². The predicted octanol–water partition coefficient (Wildman–Crippen LogP) is 3.37. The zero-order valence-electron chi connectivity index (χ0n) is 19.2.